The van der Waals surface area contributed by atoms with Gasteiger partial charge in [-0.25, -0.2) is 20.0 Å². The van der Waals surface area contributed by atoms with Crippen molar-refractivity contribution in [2.45, 2.75) is 66.0 Å². The molecule has 1 saturated heterocycles. The van der Waals surface area contributed by atoms with Gasteiger partial charge in [0.15, 0.2) is 17.9 Å². The Bertz CT molecular complexity index is 1610. The van der Waals surface area contributed by atoms with Gasteiger partial charge in [0.2, 0.25) is 0 Å². The average Bonchev–Trinajstić information content (AvgIpc) is 3.21. The van der Waals surface area contributed by atoms with Crippen molar-refractivity contribution >= 4 is 48.3 Å². The first-order valence-electron chi connectivity index (χ1n) is 18.1. The number of piperidine rings is 1. The number of aryl methyl sites for hydroxylation is 1. The van der Waals surface area contributed by atoms with E-state index < -0.39 is 11.7 Å². The number of hydrazone groups is 1. The number of aldehydes is 2. The van der Waals surface area contributed by atoms with Crippen LogP contribution in [0.15, 0.2) is 57.7 Å². The number of likely N-dealkylation sites (tertiary alicyclic amines) is 1. The summed E-state index contributed by atoms with van der Waals surface area (Å²) in [6.45, 7) is 13.7. The lowest BCUT2D eigenvalue weighted by molar-refractivity contribution is -0.137. The smallest absolute Gasteiger partial charge is 0.416 e. The SMILES string of the molecule is C=N/C(=N\N(CC=O)C(=O)/C(=C(/CC)NC)N1CCCCC1)C1=CCOCC1.CC.CNC.CNc1ccc(C(F)(F)F)cc1Cl.Cc1ncnc(C=O)c1O. The number of aromatic hydroxyl groups is 1. The minimum absolute atomic E-state index is 0.0347. The lowest BCUT2D eigenvalue weighted by atomic mass is 10.1. The zero-order valence-electron chi connectivity index (χ0n) is 33.6. The summed E-state index contributed by atoms with van der Waals surface area (Å²) in [6, 6.07) is 3.18. The Labute approximate surface area is 333 Å². The zero-order valence-corrected chi connectivity index (χ0v) is 34.4. The number of rotatable bonds is 10. The van der Waals surface area contributed by atoms with E-state index in [9.17, 15) is 27.6 Å². The summed E-state index contributed by atoms with van der Waals surface area (Å²) in [5, 5.41) is 23.3. The summed E-state index contributed by atoms with van der Waals surface area (Å²) in [6.07, 6.45) is 4.52. The van der Waals surface area contributed by atoms with E-state index in [0.717, 1.165) is 55.8 Å². The van der Waals surface area contributed by atoms with Crippen LogP contribution in [0.5, 0.6) is 5.75 Å². The van der Waals surface area contributed by atoms with Gasteiger partial charge < -0.3 is 35.5 Å². The van der Waals surface area contributed by atoms with E-state index in [-0.39, 0.29) is 28.9 Å². The van der Waals surface area contributed by atoms with Crippen molar-refractivity contribution in [2.75, 3.05) is 66.4 Å². The fourth-order valence-electron chi connectivity index (χ4n) is 4.90. The highest BCUT2D eigenvalue weighted by Gasteiger charge is 2.31. The van der Waals surface area contributed by atoms with E-state index in [0.29, 0.717) is 61.5 Å². The largest absolute Gasteiger partial charge is 0.504 e. The first kappa shape index (κ1) is 51.1. The van der Waals surface area contributed by atoms with Crippen LogP contribution in [0.3, 0.4) is 0 Å². The van der Waals surface area contributed by atoms with Gasteiger partial charge in [0.05, 0.1) is 35.2 Å². The van der Waals surface area contributed by atoms with Crippen molar-refractivity contribution in [1.82, 2.24) is 30.5 Å². The maximum absolute atomic E-state index is 13.4. The molecule has 0 spiro atoms. The highest BCUT2D eigenvalue weighted by molar-refractivity contribution is 6.33. The Kier molecular flexibility index (Phi) is 26.0. The van der Waals surface area contributed by atoms with E-state index in [1.54, 1.807) is 14.0 Å². The molecule has 2 aromatic rings. The number of amidine groups is 1. The molecule has 2 aliphatic rings. The summed E-state index contributed by atoms with van der Waals surface area (Å²) in [5.41, 5.74) is 2.49. The van der Waals surface area contributed by atoms with Crippen LogP contribution in [-0.4, -0.2) is 117 Å². The number of aliphatic imine (C=N–C) groups is 1. The maximum Gasteiger partial charge on any atom is 0.416 e. The van der Waals surface area contributed by atoms with Crippen molar-refractivity contribution in [3.05, 3.63) is 69.5 Å². The predicted molar refractivity (Wildman–Crippen MR) is 216 cm³/mol. The first-order chi connectivity index (χ1) is 26.8. The number of nitrogens with one attached hydrogen (secondary N) is 3. The Morgan fingerprint density at radius 1 is 1.12 bits per heavy atom. The molecule has 0 atom stereocenters. The normalized spacial score (nSPS) is 14.1. The Morgan fingerprint density at radius 2 is 1.77 bits per heavy atom. The van der Waals surface area contributed by atoms with Crippen molar-refractivity contribution in [3.63, 3.8) is 0 Å². The first-order valence-corrected chi connectivity index (χ1v) is 18.5. The van der Waals surface area contributed by atoms with Gasteiger partial charge in [-0.05, 0) is 83.6 Å². The highest BCUT2D eigenvalue weighted by Crippen LogP contribution is 2.33. The van der Waals surface area contributed by atoms with Gasteiger partial charge in [-0.3, -0.25) is 9.59 Å². The molecule has 1 aromatic carbocycles. The average molecular weight is 812 g/mol. The molecule has 3 heterocycles. The third kappa shape index (κ3) is 17.3. The number of benzene rings is 1. The molecule has 2 aliphatic heterocycles. The molecule has 18 heteroatoms. The summed E-state index contributed by atoms with van der Waals surface area (Å²) in [4.78, 5) is 48.1. The zero-order chi connectivity index (χ0) is 42.7. The second-order valence-electron chi connectivity index (χ2n) is 11.4. The minimum Gasteiger partial charge on any atom is -0.504 e. The molecule has 0 unspecified atom stereocenters. The van der Waals surface area contributed by atoms with Crippen molar-refractivity contribution in [3.8, 4) is 5.75 Å². The molecular formula is C38H57ClF3N9O5. The standard InChI is InChI=1S/C20H31N5O3.C8H7ClF3N.C6H6N2O2.C2H7N.C2H6/c1-4-17(21-2)18(24-10-6-5-7-11-24)20(27)25(12-13-26)23-19(22-3)16-8-14-28-15-9-16;1-13-7-3-2-5(4-6(7)9)8(10,11)12;1-4-6(10)5(2-9)8-3-7-4;1-3-2;1-2/h8,13,21H,3-7,9-12,14-15H2,1-2H3;2-4,13H,1H3;2-3,10H,1H3;3H,1-2H3;1-2H3/b18-17+,23-19-;;;;. The number of alkyl halides is 3. The Hall–Kier alpha value is -4.87. The molecule has 312 valence electrons. The van der Waals surface area contributed by atoms with Gasteiger partial charge in [0, 0.05) is 32.9 Å². The van der Waals surface area contributed by atoms with E-state index in [1.807, 2.05) is 48.0 Å². The van der Waals surface area contributed by atoms with Crippen molar-refractivity contribution in [2.24, 2.45) is 10.1 Å². The Morgan fingerprint density at radius 3 is 2.21 bits per heavy atom. The molecule has 1 fully saturated rings. The predicted octanol–water partition coefficient (Wildman–Crippen LogP) is 6.27. The van der Waals surface area contributed by atoms with Gasteiger partial charge in [0.1, 0.15) is 30.5 Å². The third-order valence-corrected chi connectivity index (χ3v) is 7.94. The molecule has 4 N–H and O–H groups in total. The molecule has 1 aromatic heterocycles. The van der Waals surface area contributed by atoms with E-state index in [4.69, 9.17) is 21.4 Å². The fraction of sp³-hybridized carbons (Fsp3) is 0.500. The van der Waals surface area contributed by atoms with E-state index in [1.165, 1.54) is 17.4 Å². The molecule has 0 radical (unpaired) electrons. The molecule has 1 amide bonds. The lowest BCUT2D eigenvalue weighted by Crippen LogP contribution is -2.41. The number of hydrogen-bond acceptors (Lipinski definition) is 12. The number of anilines is 1. The van der Waals surface area contributed by atoms with Crippen LogP contribution in [-0.2, 0) is 20.5 Å². The molecule has 0 saturated carbocycles. The van der Waals surface area contributed by atoms with Crippen LogP contribution in [0, 0.1) is 6.92 Å². The van der Waals surface area contributed by atoms with Gasteiger partial charge in [-0.2, -0.15) is 13.2 Å². The molecule has 56 heavy (non-hydrogen) atoms. The number of carbonyl (C=O) groups excluding carboxylic acids is 3. The number of hydrogen-bond donors (Lipinski definition) is 4. The molecular weight excluding hydrogens is 755 g/mol. The second kappa shape index (κ2) is 28.5. The summed E-state index contributed by atoms with van der Waals surface area (Å²) >= 11 is 5.57. The number of allylic oxidation sites excluding steroid dienone is 1. The maximum atomic E-state index is 13.4. The highest BCUT2D eigenvalue weighted by atomic mass is 35.5. The third-order valence-electron chi connectivity index (χ3n) is 7.62. The fourth-order valence-corrected chi connectivity index (χ4v) is 5.18. The molecule has 14 nitrogen and oxygen atoms in total. The Balaban J connectivity index is 0.000000886. The summed E-state index contributed by atoms with van der Waals surface area (Å²) in [5.74, 6) is -0.0782. The molecule has 0 aliphatic carbocycles. The van der Waals surface area contributed by atoms with Crippen LogP contribution in [0.4, 0.5) is 18.9 Å². The van der Waals surface area contributed by atoms with Crippen LogP contribution < -0.4 is 16.0 Å². The number of carbonyl (C=O) groups is 3. The van der Waals surface area contributed by atoms with Crippen molar-refractivity contribution < 1.29 is 37.4 Å². The number of nitrogens with zero attached hydrogens (tertiary/aromatic N) is 6. The number of halogens is 4. The monoisotopic (exact) mass is 811 g/mol. The van der Waals surface area contributed by atoms with E-state index in [2.05, 4.69) is 47.6 Å². The van der Waals surface area contributed by atoms with Crippen LogP contribution >= 0.6 is 11.6 Å². The lowest BCUT2D eigenvalue weighted by Gasteiger charge is -2.33. The molecule has 4 rings (SSSR count). The van der Waals surface area contributed by atoms with Crippen LogP contribution in [0.1, 0.15) is 74.6 Å². The van der Waals surface area contributed by atoms with Crippen LogP contribution in [0.2, 0.25) is 5.02 Å². The number of amides is 1. The quantitative estimate of drug-likeness (QED) is 0.0701. The van der Waals surface area contributed by atoms with Crippen molar-refractivity contribution in [1.29, 1.82) is 0 Å². The summed E-state index contributed by atoms with van der Waals surface area (Å²) < 4.78 is 41.7. The number of ether oxygens (including phenoxy) is 1. The minimum atomic E-state index is -4.34. The number of aromatic nitrogens is 2. The van der Waals surface area contributed by atoms with Gasteiger partial charge in [-0.1, -0.05) is 38.4 Å². The van der Waals surface area contributed by atoms with Gasteiger partial charge in [-0.15, -0.1) is 5.10 Å². The van der Waals surface area contributed by atoms with Gasteiger partial charge >= 0.3 is 6.18 Å². The topological polar surface area (TPSA) is 174 Å². The van der Waals surface area contributed by atoms with Gasteiger partial charge in [0.25, 0.3) is 5.91 Å². The van der Waals surface area contributed by atoms with Crippen LogP contribution in [0.25, 0.3) is 0 Å². The van der Waals surface area contributed by atoms with E-state index >= 15 is 0 Å². The second-order valence-corrected chi connectivity index (χ2v) is 11.8. The summed E-state index contributed by atoms with van der Waals surface area (Å²) in [7, 11) is 7.15. The molecule has 0 bridgehead atoms.